The van der Waals surface area contributed by atoms with Gasteiger partial charge in [0, 0.05) is 5.56 Å². The van der Waals surface area contributed by atoms with Gasteiger partial charge in [-0.15, -0.1) is 0 Å². The maximum atomic E-state index is 14.0. The Bertz CT molecular complexity index is 891. The minimum atomic E-state index is -5.66. The molecule has 1 fully saturated rings. The van der Waals surface area contributed by atoms with Crippen molar-refractivity contribution in [3.63, 3.8) is 0 Å². The lowest BCUT2D eigenvalue weighted by Crippen LogP contribution is -2.47. The maximum absolute atomic E-state index is 14.0. The van der Waals surface area contributed by atoms with E-state index in [2.05, 4.69) is 0 Å². The number of hydrogen-bond donors (Lipinski definition) is 2. The number of nitrogens with one attached hydrogen (secondary N) is 1. The Hall–Kier alpha value is -2.75. The number of halogens is 6. The van der Waals surface area contributed by atoms with Crippen LogP contribution in [0.3, 0.4) is 0 Å². The minimum Gasteiger partial charge on any atom is -0.454 e. The average molecular weight is 405 g/mol. The largest absolute Gasteiger partial charge is 0.454 e. The van der Waals surface area contributed by atoms with Crippen LogP contribution in [0.1, 0.15) is 28.8 Å². The van der Waals surface area contributed by atoms with Gasteiger partial charge in [-0.25, -0.2) is 9.87 Å². The predicted molar refractivity (Wildman–Crippen MR) is 84.1 cm³/mol. The first-order chi connectivity index (χ1) is 13.0. The van der Waals surface area contributed by atoms with E-state index in [0.29, 0.717) is 0 Å². The van der Waals surface area contributed by atoms with Crippen molar-refractivity contribution in [1.29, 1.82) is 0 Å². The third kappa shape index (κ3) is 3.28. The predicted octanol–water partition coefficient (Wildman–Crippen LogP) is 4.97. The molecule has 150 valence electrons. The fourth-order valence-electron chi connectivity index (χ4n) is 2.94. The Morgan fingerprint density at radius 3 is 2.11 bits per heavy atom. The number of ether oxygens (including phenoxy) is 1. The van der Waals surface area contributed by atoms with Crippen molar-refractivity contribution in [2.75, 3.05) is 0 Å². The lowest BCUT2D eigenvalue weighted by molar-refractivity contribution is -0.296. The normalized spacial score (nSPS) is 15.8. The molecule has 0 aliphatic heterocycles. The molecule has 0 radical (unpaired) electrons. The lowest BCUT2D eigenvalue weighted by Gasteiger charge is -2.29. The summed E-state index contributed by atoms with van der Waals surface area (Å²) >= 11 is 0. The number of carbonyl (C=O) groups is 1. The highest BCUT2D eigenvalue weighted by molar-refractivity contribution is 5.93. The van der Waals surface area contributed by atoms with E-state index in [-0.39, 0.29) is 35.5 Å². The fourth-order valence-corrected chi connectivity index (χ4v) is 2.94. The van der Waals surface area contributed by atoms with Crippen LogP contribution in [-0.4, -0.2) is 23.2 Å². The van der Waals surface area contributed by atoms with Crippen molar-refractivity contribution in [3.05, 3.63) is 59.4 Å². The van der Waals surface area contributed by atoms with Gasteiger partial charge >= 0.3 is 12.1 Å². The van der Waals surface area contributed by atoms with Gasteiger partial charge in [-0.1, -0.05) is 12.1 Å². The molecule has 0 spiro atoms. The number of carbonyl (C=O) groups excluding carboxylic acids is 1. The Labute approximate surface area is 154 Å². The van der Waals surface area contributed by atoms with E-state index < -0.39 is 29.2 Å². The summed E-state index contributed by atoms with van der Waals surface area (Å²) in [5.74, 6) is -7.03. The summed E-state index contributed by atoms with van der Waals surface area (Å²) < 4.78 is 85.1. The van der Waals surface area contributed by atoms with Gasteiger partial charge in [0.05, 0.1) is 5.41 Å². The third-order valence-corrected chi connectivity index (χ3v) is 4.64. The van der Waals surface area contributed by atoms with Crippen LogP contribution < -0.4 is 10.2 Å². The first kappa shape index (κ1) is 20.0. The van der Waals surface area contributed by atoms with Crippen LogP contribution in [0.25, 0.3) is 0 Å². The van der Waals surface area contributed by atoms with Gasteiger partial charge in [0.1, 0.15) is 5.75 Å². The van der Waals surface area contributed by atoms with Crippen LogP contribution in [0.15, 0.2) is 42.5 Å². The molecular weight excluding hydrogens is 392 g/mol. The van der Waals surface area contributed by atoms with Gasteiger partial charge in [-0.2, -0.15) is 22.0 Å². The number of benzene rings is 2. The third-order valence-electron chi connectivity index (χ3n) is 4.64. The molecular formula is C18H13F6NO3. The summed E-state index contributed by atoms with van der Waals surface area (Å²) in [6, 6.07) is 7.58. The van der Waals surface area contributed by atoms with Gasteiger partial charge in [-0.3, -0.25) is 10.0 Å². The highest BCUT2D eigenvalue weighted by Gasteiger charge is 2.75. The molecule has 1 aliphatic rings. The molecule has 3 rings (SSSR count). The van der Waals surface area contributed by atoms with Crippen LogP contribution >= 0.6 is 0 Å². The SMILES string of the molecule is O=C(NO)c1ccc(Oc2ccc(C3(C(F)(F)C(F)(F)F)CC3)cc2)c(F)c1. The van der Waals surface area contributed by atoms with Crippen molar-refractivity contribution in [1.82, 2.24) is 5.48 Å². The van der Waals surface area contributed by atoms with E-state index in [1.54, 1.807) is 0 Å². The van der Waals surface area contributed by atoms with E-state index in [1.807, 2.05) is 0 Å². The smallest absolute Gasteiger partial charge is 0.454 e. The molecule has 10 heteroatoms. The number of rotatable bonds is 5. The van der Waals surface area contributed by atoms with Crippen LogP contribution in [0.2, 0.25) is 0 Å². The van der Waals surface area contributed by atoms with E-state index in [4.69, 9.17) is 9.94 Å². The second-order valence-corrected chi connectivity index (χ2v) is 6.37. The zero-order chi connectivity index (χ0) is 20.7. The van der Waals surface area contributed by atoms with Gasteiger partial charge in [0.25, 0.3) is 5.91 Å². The van der Waals surface area contributed by atoms with Crippen molar-refractivity contribution < 1.29 is 41.1 Å². The van der Waals surface area contributed by atoms with E-state index >= 15 is 0 Å². The summed E-state index contributed by atoms with van der Waals surface area (Å²) in [5.41, 5.74) is -1.31. The van der Waals surface area contributed by atoms with Crippen LogP contribution in [0.5, 0.6) is 11.5 Å². The average Bonchev–Trinajstić information content (AvgIpc) is 3.45. The van der Waals surface area contributed by atoms with Gasteiger partial charge in [0.2, 0.25) is 0 Å². The summed E-state index contributed by atoms with van der Waals surface area (Å²) in [4.78, 5) is 11.2. The summed E-state index contributed by atoms with van der Waals surface area (Å²) in [6.45, 7) is 0. The Kier molecular flexibility index (Phi) is 4.78. The molecule has 2 N–H and O–H groups in total. The van der Waals surface area contributed by atoms with Gasteiger partial charge in [0.15, 0.2) is 11.6 Å². The summed E-state index contributed by atoms with van der Waals surface area (Å²) in [5, 5.41) is 8.51. The highest BCUT2D eigenvalue weighted by atomic mass is 19.4. The minimum absolute atomic E-state index is 0.00753. The molecule has 28 heavy (non-hydrogen) atoms. The molecule has 0 unspecified atom stereocenters. The van der Waals surface area contributed by atoms with Crippen molar-refractivity contribution >= 4 is 5.91 Å². The van der Waals surface area contributed by atoms with Crippen LogP contribution in [0.4, 0.5) is 26.3 Å². The van der Waals surface area contributed by atoms with E-state index in [0.717, 1.165) is 36.4 Å². The standard InChI is InChI=1S/C18H13F6NO3/c19-13-9-10(15(26)25-27)1-6-14(13)28-12-4-2-11(3-5-12)16(7-8-16)17(20,21)18(22,23)24/h1-6,9,27H,7-8H2,(H,25,26). The van der Waals surface area contributed by atoms with E-state index in [9.17, 15) is 31.1 Å². The second-order valence-electron chi connectivity index (χ2n) is 6.37. The molecule has 0 aromatic heterocycles. The summed E-state index contributed by atoms with van der Waals surface area (Å²) in [6.07, 6.45) is -6.27. The number of hydroxylamine groups is 1. The zero-order valence-electron chi connectivity index (χ0n) is 14.0. The maximum Gasteiger partial charge on any atom is 0.454 e. The summed E-state index contributed by atoms with van der Waals surface area (Å²) in [7, 11) is 0. The quantitative estimate of drug-likeness (QED) is 0.420. The topological polar surface area (TPSA) is 58.6 Å². The number of amides is 1. The van der Waals surface area contributed by atoms with Crippen molar-refractivity contribution in [2.24, 2.45) is 0 Å². The molecule has 2 aromatic rings. The van der Waals surface area contributed by atoms with Crippen molar-refractivity contribution in [2.45, 2.75) is 30.4 Å². The Morgan fingerprint density at radius 1 is 1.04 bits per heavy atom. The second kappa shape index (κ2) is 6.69. The lowest BCUT2D eigenvalue weighted by atomic mass is 9.88. The molecule has 0 saturated heterocycles. The molecule has 2 aromatic carbocycles. The van der Waals surface area contributed by atoms with Crippen LogP contribution in [0, 0.1) is 5.82 Å². The monoisotopic (exact) mass is 405 g/mol. The van der Waals surface area contributed by atoms with Gasteiger partial charge < -0.3 is 4.74 Å². The molecule has 1 saturated carbocycles. The zero-order valence-corrected chi connectivity index (χ0v) is 14.0. The highest BCUT2D eigenvalue weighted by Crippen LogP contribution is 2.63. The molecule has 0 atom stereocenters. The van der Waals surface area contributed by atoms with Crippen LogP contribution in [-0.2, 0) is 5.41 Å². The first-order valence-electron chi connectivity index (χ1n) is 7.99. The molecule has 0 heterocycles. The van der Waals surface area contributed by atoms with E-state index in [1.165, 1.54) is 11.5 Å². The van der Waals surface area contributed by atoms with Gasteiger partial charge in [-0.05, 0) is 48.7 Å². The molecule has 4 nitrogen and oxygen atoms in total. The Balaban J connectivity index is 1.80. The number of hydrogen-bond acceptors (Lipinski definition) is 3. The Morgan fingerprint density at radius 2 is 1.64 bits per heavy atom. The molecule has 0 bridgehead atoms. The first-order valence-corrected chi connectivity index (χ1v) is 7.99. The van der Waals surface area contributed by atoms with Crippen molar-refractivity contribution in [3.8, 4) is 11.5 Å². The fraction of sp³-hybridized carbons (Fsp3) is 0.278. The molecule has 1 aliphatic carbocycles. The molecule has 1 amide bonds. The number of alkyl halides is 5.